The third-order valence-electron chi connectivity index (χ3n) is 3.23. The molecule has 100 valence electrons. The van der Waals surface area contributed by atoms with Gasteiger partial charge in [-0.15, -0.1) is 0 Å². The second-order valence-electron chi connectivity index (χ2n) is 4.63. The van der Waals surface area contributed by atoms with Crippen molar-refractivity contribution in [1.29, 1.82) is 0 Å². The van der Waals surface area contributed by atoms with Crippen LogP contribution in [-0.2, 0) is 0 Å². The van der Waals surface area contributed by atoms with E-state index >= 15 is 0 Å². The van der Waals surface area contributed by atoms with E-state index in [1.807, 2.05) is 44.1 Å². The molecule has 2 rings (SSSR count). The Kier molecular flexibility index (Phi) is 4.20. The molecule has 0 saturated carbocycles. The summed E-state index contributed by atoms with van der Waals surface area (Å²) >= 11 is 3.51. The van der Waals surface area contributed by atoms with Gasteiger partial charge in [-0.2, -0.15) is 0 Å². The smallest absolute Gasteiger partial charge is 0.143 e. The van der Waals surface area contributed by atoms with Crippen molar-refractivity contribution in [2.75, 3.05) is 11.9 Å². The van der Waals surface area contributed by atoms with Crippen LogP contribution in [0.15, 0.2) is 41.0 Å². The van der Waals surface area contributed by atoms with Gasteiger partial charge in [0.2, 0.25) is 0 Å². The number of pyridine rings is 1. The van der Waals surface area contributed by atoms with Gasteiger partial charge in [0.15, 0.2) is 0 Å². The highest BCUT2D eigenvalue weighted by Gasteiger charge is 2.18. The molecule has 1 heterocycles. The molecule has 0 radical (unpaired) electrons. The number of nitrogens with zero attached hydrogens (tertiary/aromatic N) is 2. The zero-order chi connectivity index (χ0) is 14.0. The van der Waals surface area contributed by atoms with Crippen molar-refractivity contribution in [3.8, 4) is 0 Å². The number of aryl methyl sites for hydroxylation is 1. The first kappa shape index (κ1) is 14.0. The molecule has 0 bridgehead atoms. The lowest BCUT2D eigenvalue weighted by Crippen LogP contribution is -2.23. The van der Waals surface area contributed by atoms with Gasteiger partial charge in [-0.05, 0) is 47.5 Å². The van der Waals surface area contributed by atoms with E-state index in [0.29, 0.717) is 5.56 Å². The molecule has 0 fully saturated rings. The summed E-state index contributed by atoms with van der Waals surface area (Å²) in [6.07, 6.45) is 1.81. The van der Waals surface area contributed by atoms with Gasteiger partial charge in [0.25, 0.3) is 0 Å². The van der Waals surface area contributed by atoms with Crippen LogP contribution >= 0.6 is 15.9 Å². The first-order valence-corrected chi connectivity index (χ1v) is 6.89. The van der Waals surface area contributed by atoms with Crippen LogP contribution in [-0.4, -0.2) is 12.0 Å². The lowest BCUT2D eigenvalue weighted by atomic mass is 10.1. The van der Waals surface area contributed by atoms with Crippen LogP contribution < -0.4 is 4.90 Å². The second-order valence-corrected chi connectivity index (χ2v) is 5.48. The molecule has 0 amide bonds. The standard InChI is InChI=1S/C15H16BrFN2/c1-10-8-13(16)15(18-9-10)19(3)11(2)12-6-4-5-7-14(12)17/h4-9,11H,1-3H3. The van der Waals surface area contributed by atoms with Gasteiger partial charge in [-0.25, -0.2) is 9.37 Å². The molecule has 0 N–H and O–H groups in total. The summed E-state index contributed by atoms with van der Waals surface area (Å²) in [5.41, 5.74) is 1.75. The molecule has 1 atom stereocenters. The molecule has 0 aliphatic carbocycles. The minimum Gasteiger partial charge on any atom is -0.352 e. The molecule has 1 aromatic heterocycles. The highest BCUT2D eigenvalue weighted by molar-refractivity contribution is 9.10. The minimum absolute atomic E-state index is 0.0901. The molecule has 19 heavy (non-hydrogen) atoms. The average Bonchev–Trinajstić information content (AvgIpc) is 2.38. The fraction of sp³-hybridized carbons (Fsp3) is 0.267. The summed E-state index contributed by atoms with van der Waals surface area (Å²) in [6.45, 7) is 3.95. The summed E-state index contributed by atoms with van der Waals surface area (Å²) in [5, 5.41) is 0. The Morgan fingerprint density at radius 2 is 2.00 bits per heavy atom. The summed E-state index contributed by atoms with van der Waals surface area (Å²) < 4.78 is 14.7. The molecule has 1 unspecified atom stereocenters. The van der Waals surface area contributed by atoms with Crippen molar-refractivity contribution < 1.29 is 4.39 Å². The first-order valence-electron chi connectivity index (χ1n) is 6.10. The quantitative estimate of drug-likeness (QED) is 0.827. The van der Waals surface area contributed by atoms with E-state index in [-0.39, 0.29) is 11.9 Å². The number of halogens is 2. The van der Waals surface area contributed by atoms with E-state index in [2.05, 4.69) is 20.9 Å². The molecule has 0 aliphatic heterocycles. The number of aromatic nitrogens is 1. The van der Waals surface area contributed by atoms with Gasteiger partial charge < -0.3 is 4.90 Å². The van der Waals surface area contributed by atoms with Crippen molar-refractivity contribution in [3.05, 3.63) is 57.9 Å². The third kappa shape index (κ3) is 2.95. The van der Waals surface area contributed by atoms with Crippen LogP contribution in [0.2, 0.25) is 0 Å². The molecule has 4 heteroatoms. The minimum atomic E-state index is -0.190. The Morgan fingerprint density at radius 1 is 1.32 bits per heavy atom. The lowest BCUT2D eigenvalue weighted by Gasteiger charge is -2.27. The van der Waals surface area contributed by atoms with Gasteiger partial charge in [0.05, 0.1) is 10.5 Å². The van der Waals surface area contributed by atoms with Crippen molar-refractivity contribution >= 4 is 21.7 Å². The van der Waals surface area contributed by atoms with Crippen LogP contribution in [0.25, 0.3) is 0 Å². The lowest BCUT2D eigenvalue weighted by molar-refractivity contribution is 0.584. The van der Waals surface area contributed by atoms with Gasteiger partial charge in [-0.1, -0.05) is 18.2 Å². The summed E-state index contributed by atoms with van der Waals surface area (Å²) in [4.78, 5) is 6.37. The predicted octanol–water partition coefficient (Wildman–Crippen LogP) is 4.49. The maximum atomic E-state index is 13.8. The van der Waals surface area contributed by atoms with Crippen LogP contribution in [0.4, 0.5) is 10.2 Å². The fourth-order valence-electron chi connectivity index (χ4n) is 1.99. The number of rotatable bonds is 3. The van der Waals surface area contributed by atoms with Crippen molar-refractivity contribution in [1.82, 2.24) is 4.98 Å². The fourth-order valence-corrected chi connectivity index (χ4v) is 2.73. The Bertz CT molecular complexity index is 586. The monoisotopic (exact) mass is 322 g/mol. The predicted molar refractivity (Wildman–Crippen MR) is 79.9 cm³/mol. The number of hydrogen-bond acceptors (Lipinski definition) is 2. The average molecular weight is 323 g/mol. The van der Waals surface area contributed by atoms with Crippen LogP contribution in [0.3, 0.4) is 0 Å². The number of anilines is 1. The largest absolute Gasteiger partial charge is 0.352 e. The van der Waals surface area contributed by atoms with E-state index in [4.69, 9.17) is 0 Å². The van der Waals surface area contributed by atoms with Crippen LogP contribution in [0.5, 0.6) is 0 Å². The Labute approximate surface area is 121 Å². The van der Waals surface area contributed by atoms with E-state index < -0.39 is 0 Å². The topological polar surface area (TPSA) is 16.1 Å². The Hall–Kier alpha value is -1.42. The third-order valence-corrected chi connectivity index (χ3v) is 3.81. The van der Waals surface area contributed by atoms with E-state index in [9.17, 15) is 4.39 Å². The van der Waals surface area contributed by atoms with E-state index in [1.165, 1.54) is 6.07 Å². The molecule has 0 aliphatic rings. The van der Waals surface area contributed by atoms with Gasteiger partial charge >= 0.3 is 0 Å². The summed E-state index contributed by atoms with van der Waals surface area (Å²) in [6, 6.07) is 8.75. The van der Waals surface area contributed by atoms with E-state index in [1.54, 1.807) is 12.1 Å². The molecule has 2 aromatic rings. The second kappa shape index (κ2) is 5.70. The van der Waals surface area contributed by atoms with Crippen molar-refractivity contribution in [3.63, 3.8) is 0 Å². The van der Waals surface area contributed by atoms with Gasteiger partial charge in [-0.3, -0.25) is 0 Å². The molecule has 1 aromatic carbocycles. The number of benzene rings is 1. The summed E-state index contributed by atoms with van der Waals surface area (Å²) in [5.74, 6) is 0.617. The van der Waals surface area contributed by atoms with Crippen LogP contribution in [0, 0.1) is 12.7 Å². The van der Waals surface area contributed by atoms with Crippen molar-refractivity contribution in [2.45, 2.75) is 19.9 Å². The zero-order valence-electron chi connectivity index (χ0n) is 11.2. The molecule has 0 spiro atoms. The normalized spacial score (nSPS) is 12.3. The maximum absolute atomic E-state index is 13.8. The maximum Gasteiger partial charge on any atom is 0.143 e. The molecular formula is C15H16BrFN2. The molecule has 0 saturated heterocycles. The molecular weight excluding hydrogens is 307 g/mol. The highest BCUT2D eigenvalue weighted by Crippen LogP contribution is 2.30. The summed E-state index contributed by atoms with van der Waals surface area (Å²) in [7, 11) is 1.92. The van der Waals surface area contributed by atoms with Crippen molar-refractivity contribution in [2.24, 2.45) is 0 Å². The first-order chi connectivity index (χ1) is 9.00. The highest BCUT2D eigenvalue weighted by atomic mass is 79.9. The Morgan fingerprint density at radius 3 is 2.63 bits per heavy atom. The number of hydrogen-bond donors (Lipinski definition) is 0. The van der Waals surface area contributed by atoms with Gasteiger partial charge in [0, 0.05) is 18.8 Å². The SMILES string of the molecule is Cc1cnc(N(C)C(C)c2ccccc2F)c(Br)c1. The van der Waals surface area contributed by atoms with Gasteiger partial charge in [0.1, 0.15) is 11.6 Å². The molecule has 2 nitrogen and oxygen atoms in total. The Balaban J connectivity index is 2.33. The van der Waals surface area contributed by atoms with Crippen LogP contribution in [0.1, 0.15) is 24.1 Å². The zero-order valence-corrected chi connectivity index (χ0v) is 12.8. The van der Waals surface area contributed by atoms with E-state index in [0.717, 1.165) is 15.9 Å².